The lowest BCUT2D eigenvalue weighted by molar-refractivity contribution is 0.101. The summed E-state index contributed by atoms with van der Waals surface area (Å²) in [7, 11) is -0.785. The van der Waals surface area contributed by atoms with E-state index >= 15 is 0 Å². The molecule has 1 N–H and O–H groups in total. The summed E-state index contributed by atoms with van der Waals surface area (Å²) in [5.74, 6) is 0. The van der Waals surface area contributed by atoms with Gasteiger partial charge in [0, 0.05) is 0 Å². The van der Waals surface area contributed by atoms with E-state index in [0.29, 0.717) is 0 Å². The number of hydrogen-bond acceptors (Lipinski definition) is 2. The summed E-state index contributed by atoms with van der Waals surface area (Å²) in [6, 6.07) is 6.27. The largest absolute Gasteiger partial charge is 0.492 e. The SMILES string of the molecule is CC(C)(C)c1ccc2c(c1)B(O)OC2(C)C. The van der Waals surface area contributed by atoms with E-state index in [1.54, 1.807) is 0 Å². The monoisotopic (exact) mass is 218 g/mol. The molecule has 0 spiro atoms. The van der Waals surface area contributed by atoms with E-state index in [2.05, 4.69) is 39.0 Å². The molecule has 16 heavy (non-hydrogen) atoms. The van der Waals surface area contributed by atoms with Crippen molar-refractivity contribution in [3.63, 3.8) is 0 Å². The molecule has 1 aromatic carbocycles. The van der Waals surface area contributed by atoms with E-state index < -0.39 is 7.12 Å². The molecule has 0 saturated carbocycles. The molecule has 0 aromatic heterocycles. The van der Waals surface area contributed by atoms with Crippen LogP contribution >= 0.6 is 0 Å². The Hall–Kier alpha value is -0.795. The normalized spacial score (nSPS) is 18.8. The van der Waals surface area contributed by atoms with Gasteiger partial charge in [0.15, 0.2) is 0 Å². The van der Waals surface area contributed by atoms with Gasteiger partial charge in [-0.15, -0.1) is 0 Å². The predicted molar refractivity (Wildman–Crippen MR) is 66.9 cm³/mol. The van der Waals surface area contributed by atoms with Crippen LogP contribution in [0.2, 0.25) is 0 Å². The first-order valence-corrected chi connectivity index (χ1v) is 5.72. The van der Waals surface area contributed by atoms with Gasteiger partial charge in [0.1, 0.15) is 0 Å². The minimum Gasteiger partial charge on any atom is -0.423 e. The molecule has 0 atom stereocenters. The Morgan fingerprint density at radius 3 is 2.44 bits per heavy atom. The third-order valence-electron chi connectivity index (χ3n) is 3.24. The molecule has 1 aliphatic heterocycles. The van der Waals surface area contributed by atoms with Crippen LogP contribution in [0.25, 0.3) is 0 Å². The Morgan fingerprint density at radius 2 is 1.88 bits per heavy atom. The van der Waals surface area contributed by atoms with Crippen LogP contribution in [0, 0.1) is 0 Å². The summed E-state index contributed by atoms with van der Waals surface area (Å²) in [5.41, 5.74) is 2.95. The fourth-order valence-electron chi connectivity index (χ4n) is 2.19. The molecule has 0 amide bonds. The first-order chi connectivity index (χ1) is 7.22. The van der Waals surface area contributed by atoms with Crippen LogP contribution in [0.15, 0.2) is 18.2 Å². The molecule has 0 bridgehead atoms. The zero-order valence-corrected chi connectivity index (χ0v) is 10.7. The molecule has 1 aromatic rings. The lowest BCUT2D eigenvalue weighted by Crippen LogP contribution is -2.29. The molecule has 2 rings (SSSR count). The number of hydrogen-bond donors (Lipinski definition) is 1. The van der Waals surface area contributed by atoms with Crippen molar-refractivity contribution in [2.45, 2.75) is 45.6 Å². The molecule has 0 unspecified atom stereocenters. The molecule has 86 valence electrons. The molecule has 0 radical (unpaired) electrons. The van der Waals surface area contributed by atoms with Gasteiger partial charge in [0.2, 0.25) is 0 Å². The van der Waals surface area contributed by atoms with Gasteiger partial charge in [0.05, 0.1) is 5.60 Å². The molecule has 0 fully saturated rings. The van der Waals surface area contributed by atoms with Crippen LogP contribution in [0.5, 0.6) is 0 Å². The van der Waals surface area contributed by atoms with Crippen molar-refractivity contribution in [1.82, 2.24) is 0 Å². The summed E-state index contributed by atoms with van der Waals surface area (Å²) in [6.45, 7) is 10.5. The minimum atomic E-state index is -0.785. The highest BCUT2D eigenvalue weighted by molar-refractivity contribution is 6.62. The molecule has 3 heteroatoms. The molecule has 1 aliphatic rings. The molecule has 0 aliphatic carbocycles. The molecule has 2 nitrogen and oxygen atoms in total. The third kappa shape index (κ3) is 1.78. The third-order valence-corrected chi connectivity index (χ3v) is 3.24. The lowest BCUT2D eigenvalue weighted by atomic mass is 9.74. The van der Waals surface area contributed by atoms with Gasteiger partial charge in [-0.05, 0) is 35.9 Å². The van der Waals surface area contributed by atoms with E-state index in [0.717, 1.165) is 11.0 Å². The molecule has 0 saturated heterocycles. The highest BCUT2D eigenvalue weighted by Gasteiger charge is 2.40. The van der Waals surface area contributed by atoms with Crippen LogP contribution in [0.4, 0.5) is 0 Å². The minimum absolute atomic E-state index is 0.0987. The summed E-state index contributed by atoms with van der Waals surface area (Å²) in [4.78, 5) is 0. The number of rotatable bonds is 0. The predicted octanol–water partition coefficient (Wildman–Crippen LogP) is 1.94. The second-order valence-corrected chi connectivity index (χ2v) is 6.03. The van der Waals surface area contributed by atoms with Gasteiger partial charge < -0.3 is 9.68 Å². The van der Waals surface area contributed by atoms with E-state index in [4.69, 9.17) is 4.65 Å². The topological polar surface area (TPSA) is 29.5 Å². The zero-order valence-electron chi connectivity index (χ0n) is 10.7. The maximum Gasteiger partial charge on any atom is 0.492 e. The average Bonchev–Trinajstić information content (AvgIpc) is 2.36. The van der Waals surface area contributed by atoms with Crippen LogP contribution in [-0.2, 0) is 15.7 Å². The Balaban J connectivity index is 2.53. The standard InChI is InChI=1S/C13H19BO2/c1-12(2,3)9-6-7-10-11(8-9)14(15)16-13(10,4)5/h6-8,15H,1-5H3. The Labute approximate surface area is 97.8 Å². The maximum atomic E-state index is 9.88. The summed E-state index contributed by atoms with van der Waals surface area (Å²) < 4.78 is 5.54. The quantitative estimate of drug-likeness (QED) is 0.674. The van der Waals surface area contributed by atoms with E-state index in [1.807, 2.05) is 13.8 Å². The Kier molecular flexibility index (Phi) is 2.44. The molecular formula is C13H19BO2. The lowest BCUT2D eigenvalue weighted by Gasteiger charge is -2.22. The van der Waals surface area contributed by atoms with Crippen molar-refractivity contribution in [3.05, 3.63) is 29.3 Å². The van der Waals surface area contributed by atoms with Gasteiger partial charge in [-0.2, -0.15) is 0 Å². The smallest absolute Gasteiger partial charge is 0.423 e. The van der Waals surface area contributed by atoms with E-state index in [-0.39, 0.29) is 11.0 Å². The summed E-state index contributed by atoms with van der Waals surface area (Å²) in [6.07, 6.45) is 0. The summed E-state index contributed by atoms with van der Waals surface area (Å²) in [5, 5.41) is 9.88. The number of fused-ring (bicyclic) bond motifs is 1. The van der Waals surface area contributed by atoms with Gasteiger partial charge in [-0.3, -0.25) is 0 Å². The van der Waals surface area contributed by atoms with Crippen LogP contribution < -0.4 is 5.46 Å². The first kappa shape index (κ1) is 11.7. The van der Waals surface area contributed by atoms with Crippen molar-refractivity contribution in [3.8, 4) is 0 Å². The van der Waals surface area contributed by atoms with Crippen molar-refractivity contribution in [2.24, 2.45) is 0 Å². The van der Waals surface area contributed by atoms with Crippen molar-refractivity contribution in [1.29, 1.82) is 0 Å². The number of benzene rings is 1. The fourth-order valence-corrected chi connectivity index (χ4v) is 2.19. The molecule has 1 heterocycles. The van der Waals surface area contributed by atoms with Crippen LogP contribution in [-0.4, -0.2) is 12.1 Å². The Bertz CT molecular complexity index is 418. The highest BCUT2D eigenvalue weighted by Crippen LogP contribution is 2.32. The summed E-state index contributed by atoms with van der Waals surface area (Å²) >= 11 is 0. The van der Waals surface area contributed by atoms with Gasteiger partial charge >= 0.3 is 7.12 Å². The second kappa shape index (κ2) is 3.35. The van der Waals surface area contributed by atoms with Crippen molar-refractivity contribution >= 4 is 12.6 Å². The zero-order chi connectivity index (χ0) is 12.1. The first-order valence-electron chi connectivity index (χ1n) is 5.72. The average molecular weight is 218 g/mol. The van der Waals surface area contributed by atoms with Gasteiger partial charge in [-0.25, -0.2) is 0 Å². The van der Waals surface area contributed by atoms with E-state index in [9.17, 15) is 5.02 Å². The Morgan fingerprint density at radius 1 is 1.25 bits per heavy atom. The highest BCUT2D eigenvalue weighted by atomic mass is 16.5. The van der Waals surface area contributed by atoms with Crippen LogP contribution in [0.3, 0.4) is 0 Å². The van der Waals surface area contributed by atoms with Crippen LogP contribution in [0.1, 0.15) is 45.7 Å². The fraction of sp³-hybridized carbons (Fsp3) is 0.538. The van der Waals surface area contributed by atoms with Gasteiger partial charge in [-0.1, -0.05) is 39.0 Å². The second-order valence-electron chi connectivity index (χ2n) is 6.03. The molecular weight excluding hydrogens is 199 g/mol. The maximum absolute atomic E-state index is 9.88. The van der Waals surface area contributed by atoms with E-state index in [1.165, 1.54) is 5.56 Å². The van der Waals surface area contributed by atoms with Crippen molar-refractivity contribution in [2.75, 3.05) is 0 Å². The van der Waals surface area contributed by atoms with Crippen molar-refractivity contribution < 1.29 is 9.68 Å². The van der Waals surface area contributed by atoms with Gasteiger partial charge in [0.25, 0.3) is 0 Å².